The van der Waals surface area contributed by atoms with Gasteiger partial charge in [-0.2, -0.15) is 0 Å². The fourth-order valence-electron chi connectivity index (χ4n) is 4.70. The Kier molecular flexibility index (Phi) is 5.18. The van der Waals surface area contributed by atoms with Gasteiger partial charge in [-0.25, -0.2) is 0 Å². The largest absolute Gasteiger partial charge is 0.479 e. The molecule has 0 atom stereocenters. The molecular formula is C19H31N5O2. The first-order valence-electron chi connectivity index (χ1n) is 10.0. The number of hydrogen-bond acceptors (Lipinski definition) is 5. The molecule has 1 amide bonds. The van der Waals surface area contributed by atoms with Crippen LogP contribution in [-0.4, -0.2) is 88.8 Å². The third-order valence-corrected chi connectivity index (χ3v) is 6.32. The van der Waals surface area contributed by atoms with Gasteiger partial charge in [-0.05, 0) is 12.8 Å². The van der Waals surface area contributed by atoms with Gasteiger partial charge in [0.2, 0.25) is 5.88 Å². The number of amides is 1. The van der Waals surface area contributed by atoms with Gasteiger partial charge in [0.1, 0.15) is 5.56 Å². The van der Waals surface area contributed by atoms with Crippen LogP contribution in [0.3, 0.4) is 0 Å². The molecule has 0 aromatic carbocycles. The van der Waals surface area contributed by atoms with Gasteiger partial charge < -0.3 is 9.64 Å². The van der Waals surface area contributed by atoms with Crippen molar-refractivity contribution in [3.63, 3.8) is 0 Å². The number of hydrogen-bond donors (Lipinski definition) is 0. The third kappa shape index (κ3) is 3.47. The van der Waals surface area contributed by atoms with Crippen LogP contribution in [0.15, 0.2) is 6.20 Å². The molecule has 4 rings (SSSR count). The number of piperazine rings is 1. The van der Waals surface area contributed by atoms with Crippen molar-refractivity contribution in [1.29, 1.82) is 0 Å². The average Bonchev–Trinajstić information content (AvgIpc) is 3.03. The molecule has 1 aromatic heterocycles. The molecule has 1 aliphatic carbocycles. The molecular weight excluding hydrogens is 330 g/mol. The Labute approximate surface area is 155 Å². The second-order valence-corrected chi connectivity index (χ2v) is 7.95. The Bertz CT molecular complexity index is 626. The third-order valence-electron chi connectivity index (χ3n) is 6.32. The summed E-state index contributed by atoms with van der Waals surface area (Å²) in [6.07, 6.45) is 8.75. The molecule has 26 heavy (non-hydrogen) atoms. The van der Waals surface area contributed by atoms with Crippen molar-refractivity contribution in [2.24, 2.45) is 7.05 Å². The number of rotatable bonds is 4. The van der Waals surface area contributed by atoms with E-state index in [1.54, 1.807) is 18.0 Å². The maximum absolute atomic E-state index is 12.7. The van der Waals surface area contributed by atoms with E-state index in [-0.39, 0.29) is 5.91 Å². The van der Waals surface area contributed by atoms with E-state index >= 15 is 0 Å². The van der Waals surface area contributed by atoms with Crippen molar-refractivity contribution in [2.45, 2.75) is 44.2 Å². The predicted octanol–water partition coefficient (Wildman–Crippen LogP) is 1.20. The van der Waals surface area contributed by atoms with Crippen LogP contribution in [0.25, 0.3) is 0 Å². The number of aryl methyl sites for hydroxylation is 1. The molecule has 0 N–H and O–H groups in total. The lowest BCUT2D eigenvalue weighted by atomic mass is 9.93. The molecule has 0 bridgehead atoms. The Hall–Kier alpha value is -1.60. The van der Waals surface area contributed by atoms with E-state index in [0.717, 1.165) is 32.2 Å². The molecule has 3 fully saturated rings. The van der Waals surface area contributed by atoms with Crippen LogP contribution in [0.2, 0.25) is 0 Å². The topological polar surface area (TPSA) is 53.8 Å². The Morgan fingerprint density at radius 3 is 2.27 bits per heavy atom. The first kappa shape index (κ1) is 17.8. The number of aromatic nitrogens is 2. The molecule has 144 valence electrons. The number of nitrogens with zero attached hydrogens (tertiary/aromatic N) is 5. The normalized spacial score (nSPS) is 23.8. The summed E-state index contributed by atoms with van der Waals surface area (Å²) in [6.45, 7) is 6.29. The van der Waals surface area contributed by atoms with Crippen molar-refractivity contribution in [3.8, 4) is 5.88 Å². The summed E-state index contributed by atoms with van der Waals surface area (Å²) in [4.78, 5) is 19.9. The van der Waals surface area contributed by atoms with Gasteiger partial charge in [0, 0.05) is 64.6 Å². The van der Waals surface area contributed by atoms with E-state index in [2.05, 4.69) is 14.9 Å². The molecule has 2 aliphatic heterocycles. The summed E-state index contributed by atoms with van der Waals surface area (Å²) in [6, 6.07) is 1.33. The van der Waals surface area contributed by atoms with Crippen LogP contribution in [-0.2, 0) is 7.05 Å². The van der Waals surface area contributed by atoms with E-state index in [1.165, 1.54) is 45.2 Å². The SMILES string of the molecule is COc1nn(C)cc1C(=O)N1CC(N2CCN(C3CCCCC3)CC2)C1. The van der Waals surface area contributed by atoms with Gasteiger partial charge in [-0.1, -0.05) is 19.3 Å². The highest BCUT2D eigenvalue weighted by atomic mass is 16.5. The summed E-state index contributed by atoms with van der Waals surface area (Å²) < 4.78 is 6.86. The van der Waals surface area contributed by atoms with Crippen molar-refractivity contribution in [3.05, 3.63) is 11.8 Å². The Morgan fingerprint density at radius 2 is 1.65 bits per heavy atom. The zero-order valence-electron chi connectivity index (χ0n) is 16.1. The van der Waals surface area contributed by atoms with Gasteiger partial charge in [0.25, 0.3) is 5.91 Å². The van der Waals surface area contributed by atoms with Crippen molar-refractivity contribution >= 4 is 5.91 Å². The quantitative estimate of drug-likeness (QED) is 0.807. The van der Waals surface area contributed by atoms with Crippen molar-refractivity contribution in [1.82, 2.24) is 24.5 Å². The number of ether oxygens (including phenoxy) is 1. The summed E-state index contributed by atoms with van der Waals surface area (Å²) in [7, 11) is 3.37. The number of likely N-dealkylation sites (tertiary alicyclic amines) is 1. The maximum Gasteiger partial charge on any atom is 0.261 e. The molecule has 0 radical (unpaired) electrons. The molecule has 0 spiro atoms. The minimum absolute atomic E-state index is 0.0343. The number of carbonyl (C=O) groups is 1. The van der Waals surface area contributed by atoms with Gasteiger partial charge in [0.15, 0.2) is 0 Å². The van der Waals surface area contributed by atoms with Crippen molar-refractivity contribution in [2.75, 3.05) is 46.4 Å². The molecule has 3 aliphatic rings. The minimum atomic E-state index is 0.0343. The first-order chi connectivity index (χ1) is 12.7. The lowest BCUT2D eigenvalue weighted by molar-refractivity contribution is -0.00274. The summed E-state index contributed by atoms with van der Waals surface area (Å²) in [5.41, 5.74) is 0.565. The smallest absolute Gasteiger partial charge is 0.261 e. The van der Waals surface area contributed by atoms with Crippen LogP contribution in [0, 0.1) is 0 Å². The molecule has 3 heterocycles. The second kappa shape index (κ2) is 7.56. The molecule has 1 saturated carbocycles. The van der Waals surface area contributed by atoms with Crippen LogP contribution in [0.4, 0.5) is 0 Å². The molecule has 0 unspecified atom stereocenters. The predicted molar refractivity (Wildman–Crippen MR) is 99.5 cm³/mol. The van der Waals surface area contributed by atoms with E-state index in [4.69, 9.17) is 4.74 Å². The van der Waals surface area contributed by atoms with Crippen molar-refractivity contribution < 1.29 is 9.53 Å². The highest BCUT2D eigenvalue weighted by Gasteiger charge is 2.38. The number of methoxy groups -OCH3 is 1. The highest BCUT2D eigenvalue weighted by Crippen LogP contribution is 2.26. The van der Waals surface area contributed by atoms with Gasteiger partial charge in [-0.15, -0.1) is 5.10 Å². The van der Waals surface area contributed by atoms with E-state index < -0.39 is 0 Å². The van der Waals surface area contributed by atoms with E-state index in [9.17, 15) is 4.79 Å². The monoisotopic (exact) mass is 361 g/mol. The van der Waals surface area contributed by atoms with E-state index in [1.807, 2.05) is 11.9 Å². The van der Waals surface area contributed by atoms with Gasteiger partial charge >= 0.3 is 0 Å². The van der Waals surface area contributed by atoms with E-state index in [0.29, 0.717) is 17.5 Å². The van der Waals surface area contributed by atoms with Crippen LogP contribution in [0.1, 0.15) is 42.5 Å². The fourth-order valence-corrected chi connectivity index (χ4v) is 4.70. The summed E-state index contributed by atoms with van der Waals surface area (Å²) >= 11 is 0. The van der Waals surface area contributed by atoms with Gasteiger partial charge in [0.05, 0.1) is 7.11 Å². The standard InChI is InChI=1S/C19H31N5O2/c1-21-14-17(18(20-21)26-2)19(25)24-12-16(13-24)23-10-8-22(9-11-23)15-6-4-3-5-7-15/h14-16H,3-13H2,1-2H3. The van der Waals surface area contributed by atoms with Crippen LogP contribution >= 0.6 is 0 Å². The Balaban J connectivity index is 1.25. The highest BCUT2D eigenvalue weighted by molar-refractivity contribution is 5.96. The van der Waals surface area contributed by atoms with Gasteiger partial charge in [-0.3, -0.25) is 19.3 Å². The Morgan fingerprint density at radius 1 is 1.04 bits per heavy atom. The van der Waals surface area contributed by atoms with Crippen LogP contribution < -0.4 is 4.74 Å². The fraction of sp³-hybridized carbons (Fsp3) is 0.789. The number of carbonyl (C=O) groups excluding carboxylic acids is 1. The maximum atomic E-state index is 12.7. The molecule has 7 nitrogen and oxygen atoms in total. The zero-order chi connectivity index (χ0) is 18.1. The second-order valence-electron chi connectivity index (χ2n) is 7.95. The lowest BCUT2D eigenvalue weighted by Crippen LogP contribution is -2.64. The average molecular weight is 361 g/mol. The first-order valence-corrected chi connectivity index (χ1v) is 10.0. The lowest BCUT2D eigenvalue weighted by Gasteiger charge is -2.49. The summed E-state index contributed by atoms with van der Waals surface area (Å²) in [5, 5.41) is 4.18. The zero-order valence-corrected chi connectivity index (χ0v) is 16.1. The summed E-state index contributed by atoms with van der Waals surface area (Å²) in [5.74, 6) is 0.453. The minimum Gasteiger partial charge on any atom is -0.479 e. The van der Waals surface area contributed by atoms with Crippen LogP contribution in [0.5, 0.6) is 5.88 Å². The molecule has 7 heteroatoms. The molecule has 1 aromatic rings. The molecule has 2 saturated heterocycles.